The molecule has 1 heterocycles. The fourth-order valence-corrected chi connectivity index (χ4v) is 2.83. The van der Waals surface area contributed by atoms with Crippen molar-refractivity contribution in [2.75, 3.05) is 0 Å². The molecule has 0 aliphatic heterocycles. The van der Waals surface area contributed by atoms with Gasteiger partial charge in [-0.1, -0.05) is 32.1 Å². The predicted molar refractivity (Wildman–Crippen MR) is 61.2 cm³/mol. The van der Waals surface area contributed by atoms with E-state index in [1.54, 1.807) is 0 Å². The summed E-state index contributed by atoms with van der Waals surface area (Å²) in [6.45, 7) is 0. The van der Waals surface area contributed by atoms with Crippen LogP contribution in [-0.4, -0.2) is 8.75 Å². The predicted octanol–water partition coefficient (Wildman–Crippen LogP) is 2.01. The molecule has 1 atom stereocenters. The lowest BCUT2D eigenvalue weighted by molar-refractivity contribution is 0.299. The van der Waals surface area contributed by atoms with Gasteiger partial charge in [-0.05, 0) is 12.3 Å². The normalized spacial score (nSPS) is 20.3. The van der Waals surface area contributed by atoms with Crippen molar-refractivity contribution in [1.82, 2.24) is 14.2 Å². The molecule has 1 aliphatic carbocycles. The number of rotatable bonds is 4. The van der Waals surface area contributed by atoms with E-state index in [9.17, 15) is 0 Å². The molecule has 0 aromatic carbocycles. The third kappa shape index (κ3) is 2.96. The van der Waals surface area contributed by atoms with Crippen LogP contribution in [0.25, 0.3) is 0 Å². The van der Waals surface area contributed by atoms with Gasteiger partial charge in [0, 0.05) is 0 Å². The van der Waals surface area contributed by atoms with Crippen LogP contribution in [0.3, 0.4) is 0 Å². The summed E-state index contributed by atoms with van der Waals surface area (Å²) in [5.74, 6) is 6.37. The van der Waals surface area contributed by atoms with Gasteiger partial charge in [-0.2, -0.15) is 8.75 Å². The van der Waals surface area contributed by atoms with Crippen LogP contribution in [0.1, 0.15) is 50.3 Å². The van der Waals surface area contributed by atoms with Gasteiger partial charge in [0.05, 0.1) is 29.7 Å². The first kappa shape index (κ1) is 11.0. The monoisotopic (exact) mass is 226 g/mol. The molecule has 0 amide bonds. The summed E-state index contributed by atoms with van der Waals surface area (Å²) < 4.78 is 8.26. The third-order valence-corrected chi connectivity index (χ3v) is 3.72. The summed E-state index contributed by atoms with van der Waals surface area (Å²) in [6, 6.07) is 0.187. The molecule has 0 bridgehead atoms. The number of aromatic nitrogens is 2. The van der Waals surface area contributed by atoms with E-state index < -0.39 is 0 Å². The first-order valence-corrected chi connectivity index (χ1v) is 6.36. The smallest absolute Gasteiger partial charge is 0.0925 e. The zero-order valence-corrected chi connectivity index (χ0v) is 9.67. The molecule has 1 unspecified atom stereocenters. The van der Waals surface area contributed by atoms with Crippen LogP contribution in [-0.2, 0) is 0 Å². The summed E-state index contributed by atoms with van der Waals surface area (Å²) in [5.41, 5.74) is 3.85. The SMILES string of the molecule is NNC(CC1CCCCC1)c1cnsn1. The van der Waals surface area contributed by atoms with Gasteiger partial charge in [0.1, 0.15) is 0 Å². The van der Waals surface area contributed by atoms with Gasteiger partial charge < -0.3 is 0 Å². The van der Waals surface area contributed by atoms with E-state index in [-0.39, 0.29) is 6.04 Å². The highest BCUT2D eigenvalue weighted by Gasteiger charge is 2.20. The first-order valence-electron chi connectivity index (χ1n) is 5.63. The topological polar surface area (TPSA) is 63.8 Å². The van der Waals surface area contributed by atoms with Crippen molar-refractivity contribution < 1.29 is 0 Å². The van der Waals surface area contributed by atoms with Gasteiger partial charge >= 0.3 is 0 Å². The van der Waals surface area contributed by atoms with Gasteiger partial charge in [0.15, 0.2) is 0 Å². The van der Waals surface area contributed by atoms with Crippen molar-refractivity contribution in [3.05, 3.63) is 11.9 Å². The first-order chi connectivity index (χ1) is 7.40. The lowest BCUT2D eigenvalue weighted by Crippen LogP contribution is -2.30. The Balaban J connectivity index is 1.90. The number of nitrogens with two attached hydrogens (primary N) is 1. The largest absolute Gasteiger partial charge is 0.271 e. The summed E-state index contributed by atoms with van der Waals surface area (Å²) in [4.78, 5) is 0. The Hall–Kier alpha value is -0.520. The minimum atomic E-state index is 0.187. The van der Waals surface area contributed by atoms with Gasteiger partial charge in [0.2, 0.25) is 0 Å². The molecule has 0 spiro atoms. The van der Waals surface area contributed by atoms with Crippen LogP contribution < -0.4 is 11.3 Å². The Labute approximate surface area is 94.6 Å². The molecule has 3 N–H and O–H groups in total. The van der Waals surface area contributed by atoms with Crippen LogP contribution in [0.5, 0.6) is 0 Å². The quantitative estimate of drug-likeness (QED) is 0.609. The van der Waals surface area contributed by atoms with Crippen LogP contribution in [0.15, 0.2) is 6.20 Å². The fourth-order valence-electron chi connectivity index (χ4n) is 2.36. The second kappa shape index (κ2) is 5.53. The Morgan fingerprint density at radius 2 is 2.27 bits per heavy atom. The van der Waals surface area contributed by atoms with E-state index in [1.165, 1.54) is 43.8 Å². The highest BCUT2D eigenvalue weighted by Crippen LogP contribution is 2.30. The number of hydrazine groups is 1. The minimum absolute atomic E-state index is 0.187. The van der Waals surface area contributed by atoms with Crippen LogP contribution in [0.4, 0.5) is 0 Å². The van der Waals surface area contributed by atoms with Crippen LogP contribution in [0.2, 0.25) is 0 Å². The molecule has 2 rings (SSSR count). The molecular weight excluding hydrogens is 208 g/mol. The second-order valence-corrected chi connectivity index (χ2v) is 4.85. The summed E-state index contributed by atoms with van der Waals surface area (Å²) in [5, 5.41) is 0. The molecule has 4 nitrogen and oxygen atoms in total. The summed E-state index contributed by atoms with van der Waals surface area (Å²) >= 11 is 1.25. The maximum Gasteiger partial charge on any atom is 0.0925 e. The van der Waals surface area contributed by atoms with Crippen molar-refractivity contribution in [2.24, 2.45) is 11.8 Å². The molecule has 0 saturated heterocycles. The van der Waals surface area contributed by atoms with E-state index in [2.05, 4.69) is 14.2 Å². The van der Waals surface area contributed by atoms with Crippen molar-refractivity contribution in [2.45, 2.75) is 44.6 Å². The molecule has 1 fully saturated rings. The average Bonchev–Trinajstić information content (AvgIpc) is 2.81. The Kier molecular flexibility index (Phi) is 4.05. The third-order valence-electron chi connectivity index (χ3n) is 3.23. The molecule has 15 heavy (non-hydrogen) atoms. The Bertz CT molecular complexity index is 269. The maximum atomic E-state index is 5.57. The molecule has 5 heteroatoms. The molecule has 84 valence electrons. The minimum Gasteiger partial charge on any atom is -0.271 e. The van der Waals surface area contributed by atoms with E-state index >= 15 is 0 Å². The van der Waals surface area contributed by atoms with E-state index in [0.717, 1.165) is 18.0 Å². The molecule has 1 aromatic heterocycles. The Morgan fingerprint density at radius 3 is 2.87 bits per heavy atom. The van der Waals surface area contributed by atoms with Gasteiger partial charge in [0.25, 0.3) is 0 Å². The highest BCUT2D eigenvalue weighted by molar-refractivity contribution is 6.99. The average molecular weight is 226 g/mol. The number of hydrogen-bond acceptors (Lipinski definition) is 5. The van der Waals surface area contributed by atoms with Crippen molar-refractivity contribution in [3.63, 3.8) is 0 Å². The van der Waals surface area contributed by atoms with Gasteiger partial charge in [-0.3, -0.25) is 11.3 Å². The lowest BCUT2D eigenvalue weighted by Gasteiger charge is -2.25. The van der Waals surface area contributed by atoms with E-state index in [0.29, 0.717) is 0 Å². The molecule has 1 saturated carbocycles. The second-order valence-electron chi connectivity index (χ2n) is 4.29. The van der Waals surface area contributed by atoms with Gasteiger partial charge in [-0.15, -0.1) is 0 Å². The summed E-state index contributed by atoms with van der Waals surface area (Å²) in [6.07, 6.45) is 9.75. The van der Waals surface area contributed by atoms with E-state index in [4.69, 9.17) is 5.84 Å². The molecule has 1 aromatic rings. The van der Waals surface area contributed by atoms with Crippen LogP contribution in [0, 0.1) is 5.92 Å². The highest BCUT2D eigenvalue weighted by atomic mass is 32.1. The molecular formula is C10H18N4S. The Morgan fingerprint density at radius 1 is 1.47 bits per heavy atom. The number of hydrogen-bond donors (Lipinski definition) is 2. The zero-order valence-electron chi connectivity index (χ0n) is 8.85. The van der Waals surface area contributed by atoms with Gasteiger partial charge in [-0.25, -0.2) is 0 Å². The summed E-state index contributed by atoms with van der Waals surface area (Å²) in [7, 11) is 0. The number of nitrogens with one attached hydrogen (secondary N) is 1. The van der Waals surface area contributed by atoms with Crippen LogP contribution >= 0.6 is 11.7 Å². The number of nitrogens with zero attached hydrogens (tertiary/aromatic N) is 2. The van der Waals surface area contributed by atoms with Crippen molar-refractivity contribution >= 4 is 11.7 Å². The van der Waals surface area contributed by atoms with Crippen molar-refractivity contribution in [3.8, 4) is 0 Å². The van der Waals surface area contributed by atoms with E-state index in [1.807, 2.05) is 6.20 Å². The molecule has 1 aliphatic rings. The standard InChI is InChI=1S/C10H18N4S/c11-13-9(10-7-12-15-14-10)6-8-4-2-1-3-5-8/h7-9,13H,1-6,11H2. The maximum absolute atomic E-state index is 5.57. The lowest BCUT2D eigenvalue weighted by atomic mass is 9.84. The molecule has 0 radical (unpaired) electrons. The zero-order chi connectivity index (χ0) is 10.5. The van der Waals surface area contributed by atoms with Crippen molar-refractivity contribution in [1.29, 1.82) is 0 Å². The fraction of sp³-hybridized carbons (Fsp3) is 0.800.